The number of nitrogens with zero attached hydrogens (tertiary/aromatic N) is 2. The predicted octanol–water partition coefficient (Wildman–Crippen LogP) is 4.55. The van der Waals surface area contributed by atoms with E-state index < -0.39 is 0 Å². The zero-order valence-electron chi connectivity index (χ0n) is 12.2. The van der Waals surface area contributed by atoms with E-state index in [-0.39, 0.29) is 5.91 Å². The normalized spacial score (nSPS) is 10.6. The first kappa shape index (κ1) is 14.5. The molecule has 0 aliphatic heterocycles. The Kier molecular flexibility index (Phi) is 4.07. The van der Waals surface area contributed by atoms with Gasteiger partial charge in [-0.2, -0.15) is 0 Å². The van der Waals surface area contributed by atoms with Gasteiger partial charge in [0.05, 0.1) is 11.1 Å². The fourth-order valence-corrected chi connectivity index (χ4v) is 2.62. The van der Waals surface area contributed by atoms with Crippen LogP contribution in [0.4, 0.5) is 5.69 Å². The number of carbonyl (C=O) groups is 1. The molecule has 0 aliphatic carbocycles. The molecule has 0 unspecified atom stereocenters. The van der Waals surface area contributed by atoms with Gasteiger partial charge < -0.3 is 4.90 Å². The van der Waals surface area contributed by atoms with Crippen LogP contribution < -0.4 is 4.90 Å². The van der Waals surface area contributed by atoms with Gasteiger partial charge in [-0.15, -0.1) is 0 Å². The number of fused-ring (bicyclic) bond motifs is 1. The monoisotopic (exact) mass is 310 g/mol. The summed E-state index contributed by atoms with van der Waals surface area (Å²) in [5, 5.41) is 1.52. The van der Waals surface area contributed by atoms with Gasteiger partial charge in [0, 0.05) is 28.8 Å². The van der Waals surface area contributed by atoms with E-state index in [0.717, 1.165) is 16.6 Å². The zero-order valence-corrected chi connectivity index (χ0v) is 12.9. The minimum Gasteiger partial charge on any atom is -0.309 e. The number of amides is 1. The van der Waals surface area contributed by atoms with E-state index in [9.17, 15) is 4.79 Å². The summed E-state index contributed by atoms with van der Waals surface area (Å²) in [4.78, 5) is 19.0. The Morgan fingerprint density at radius 2 is 1.82 bits per heavy atom. The number of hydrogen-bond acceptors (Lipinski definition) is 2. The molecule has 0 bridgehead atoms. The number of halogens is 1. The first-order chi connectivity index (χ1) is 10.7. The lowest BCUT2D eigenvalue weighted by Crippen LogP contribution is -2.30. The molecule has 4 heteroatoms. The molecule has 0 N–H and O–H groups in total. The van der Waals surface area contributed by atoms with E-state index >= 15 is 0 Å². The van der Waals surface area contributed by atoms with Gasteiger partial charge in [0.2, 0.25) is 0 Å². The van der Waals surface area contributed by atoms with Crippen LogP contribution in [0.5, 0.6) is 0 Å². The average molecular weight is 311 g/mol. The lowest BCUT2D eigenvalue weighted by molar-refractivity contribution is 0.0990. The van der Waals surface area contributed by atoms with E-state index in [1.165, 1.54) is 0 Å². The summed E-state index contributed by atoms with van der Waals surface area (Å²) in [5.74, 6) is -0.0385. The van der Waals surface area contributed by atoms with Crippen LogP contribution in [0.15, 0.2) is 60.8 Å². The van der Waals surface area contributed by atoms with Gasteiger partial charge in [0.15, 0.2) is 0 Å². The van der Waals surface area contributed by atoms with Crippen molar-refractivity contribution in [2.45, 2.75) is 6.92 Å². The lowest BCUT2D eigenvalue weighted by Gasteiger charge is -2.21. The highest BCUT2D eigenvalue weighted by Gasteiger charge is 2.18. The van der Waals surface area contributed by atoms with E-state index in [1.54, 1.807) is 29.3 Å². The Hall–Kier alpha value is -2.39. The SMILES string of the molecule is CCN(C(=O)c1ccnc2ccccc12)c1ccc(Cl)cc1. The summed E-state index contributed by atoms with van der Waals surface area (Å²) in [6.07, 6.45) is 1.67. The molecular weight excluding hydrogens is 296 g/mol. The molecule has 0 saturated heterocycles. The van der Waals surface area contributed by atoms with Crippen molar-refractivity contribution in [2.75, 3.05) is 11.4 Å². The summed E-state index contributed by atoms with van der Waals surface area (Å²) >= 11 is 5.92. The first-order valence-electron chi connectivity index (χ1n) is 7.12. The van der Waals surface area contributed by atoms with Gasteiger partial charge in [-0.3, -0.25) is 9.78 Å². The summed E-state index contributed by atoms with van der Waals surface area (Å²) < 4.78 is 0. The molecule has 3 nitrogen and oxygen atoms in total. The van der Waals surface area contributed by atoms with E-state index in [2.05, 4.69) is 4.98 Å². The molecule has 0 aliphatic rings. The molecule has 3 rings (SSSR count). The summed E-state index contributed by atoms with van der Waals surface area (Å²) in [6.45, 7) is 2.53. The van der Waals surface area contributed by atoms with Crippen molar-refractivity contribution >= 4 is 34.1 Å². The molecule has 0 radical (unpaired) electrons. The van der Waals surface area contributed by atoms with Crippen molar-refractivity contribution in [1.29, 1.82) is 0 Å². The van der Waals surface area contributed by atoms with Crippen LogP contribution in [0.2, 0.25) is 5.02 Å². The van der Waals surface area contributed by atoms with Gasteiger partial charge in [-0.05, 0) is 43.3 Å². The van der Waals surface area contributed by atoms with Gasteiger partial charge in [-0.1, -0.05) is 29.8 Å². The third-order valence-corrected chi connectivity index (χ3v) is 3.83. The number of carbonyl (C=O) groups excluding carboxylic acids is 1. The zero-order chi connectivity index (χ0) is 15.5. The van der Waals surface area contributed by atoms with Crippen molar-refractivity contribution in [3.8, 4) is 0 Å². The highest BCUT2D eigenvalue weighted by Crippen LogP contribution is 2.23. The maximum absolute atomic E-state index is 12.9. The number of aromatic nitrogens is 1. The second kappa shape index (κ2) is 6.16. The number of para-hydroxylation sites is 1. The maximum Gasteiger partial charge on any atom is 0.259 e. The van der Waals surface area contributed by atoms with Gasteiger partial charge >= 0.3 is 0 Å². The molecule has 1 amide bonds. The average Bonchev–Trinajstić information content (AvgIpc) is 2.56. The van der Waals surface area contributed by atoms with Crippen molar-refractivity contribution in [3.05, 3.63) is 71.4 Å². The van der Waals surface area contributed by atoms with Crippen LogP contribution in [0, 0.1) is 0 Å². The van der Waals surface area contributed by atoms with Crippen molar-refractivity contribution < 1.29 is 4.79 Å². The largest absolute Gasteiger partial charge is 0.309 e. The van der Waals surface area contributed by atoms with E-state index in [4.69, 9.17) is 11.6 Å². The van der Waals surface area contributed by atoms with Crippen molar-refractivity contribution in [2.24, 2.45) is 0 Å². The van der Waals surface area contributed by atoms with Crippen molar-refractivity contribution in [1.82, 2.24) is 4.98 Å². The maximum atomic E-state index is 12.9. The molecule has 2 aromatic carbocycles. The minimum absolute atomic E-state index is 0.0385. The number of anilines is 1. The molecule has 0 saturated carbocycles. The molecule has 1 aromatic heterocycles. The van der Waals surface area contributed by atoms with Gasteiger partial charge in [0.1, 0.15) is 0 Å². The first-order valence-corrected chi connectivity index (χ1v) is 7.49. The smallest absolute Gasteiger partial charge is 0.259 e. The molecule has 22 heavy (non-hydrogen) atoms. The number of benzene rings is 2. The molecule has 3 aromatic rings. The summed E-state index contributed by atoms with van der Waals surface area (Å²) in [6, 6.07) is 16.7. The highest BCUT2D eigenvalue weighted by atomic mass is 35.5. The second-order valence-electron chi connectivity index (χ2n) is 4.90. The van der Waals surface area contributed by atoms with Gasteiger partial charge in [0.25, 0.3) is 5.91 Å². The van der Waals surface area contributed by atoms with E-state index in [0.29, 0.717) is 17.1 Å². The van der Waals surface area contributed by atoms with Crippen LogP contribution in [-0.4, -0.2) is 17.4 Å². The molecule has 0 fully saturated rings. The molecule has 110 valence electrons. The highest BCUT2D eigenvalue weighted by molar-refractivity contribution is 6.30. The molecule has 1 heterocycles. The van der Waals surface area contributed by atoms with Gasteiger partial charge in [-0.25, -0.2) is 0 Å². The third-order valence-electron chi connectivity index (χ3n) is 3.58. The standard InChI is InChI=1S/C18H15ClN2O/c1-2-21(14-9-7-13(19)8-10-14)18(22)16-11-12-20-17-6-4-3-5-15(16)17/h3-12H,2H2,1H3. The minimum atomic E-state index is -0.0385. The van der Waals surface area contributed by atoms with E-state index in [1.807, 2.05) is 43.3 Å². The van der Waals surface area contributed by atoms with Crippen molar-refractivity contribution in [3.63, 3.8) is 0 Å². The fraction of sp³-hybridized carbons (Fsp3) is 0.111. The lowest BCUT2D eigenvalue weighted by atomic mass is 10.1. The second-order valence-corrected chi connectivity index (χ2v) is 5.34. The van der Waals surface area contributed by atoms with Crippen LogP contribution in [-0.2, 0) is 0 Å². The molecule has 0 atom stereocenters. The van der Waals surface area contributed by atoms with Crippen LogP contribution in [0.25, 0.3) is 10.9 Å². The number of rotatable bonds is 3. The fourth-order valence-electron chi connectivity index (χ4n) is 2.49. The Morgan fingerprint density at radius 1 is 1.09 bits per heavy atom. The topological polar surface area (TPSA) is 33.2 Å². The summed E-state index contributed by atoms with van der Waals surface area (Å²) in [7, 11) is 0. The van der Waals surface area contributed by atoms with Crippen LogP contribution in [0.1, 0.15) is 17.3 Å². The Labute approximate surface area is 134 Å². The quantitative estimate of drug-likeness (QED) is 0.710. The Morgan fingerprint density at radius 3 is 2.55 bits per heavy atom. The summed E-state index contributed by atoms with van der Waals surface area (Å²) in [5.41, 5.74) is 2.31. The number of hydrogen-bond donors (Lipinski definition) is 0. The Bertz CT molecular complexity index is 809. The van der Waals surface area contributed by atoms with Crippen LogP contribution >= 0.6 is 11.6 Å². The van der Waals surface area contributed by atoms with Crippen LogP contribution in [0.3, 0.4) is 0 Å². The molecular formula is C18H15ClN2O. The Balaban J connectivity index is 2.05. The predicted molar refractivity (Wildman–Crippen MR) is 90.5 cm³/mol. The third kappa shape index (κ3) is 2.68. The number of pyridine rings is 1. The molecule has 0 spiro atoms.